The van der Waals surface area contributed by atoms with E-state index in [0.29, 0.717) is 5.57 Å². The number of ether oxygens (including phenoxy) is 1. The number of Topliss-reactive ketones (excluding diaryl/α,β-unsaturated/α-hetero) is 2. The van der Waals surface area contributed by atoms with Gasteiger partial charge in [0, 0.05) is 35.7 Å². The molecule has 25 heavy (non-hydrogen) atoms. The van der Waals surface area contributed by atoms with Gasteiger partial charge in [0.15, 0.2) is 17.3 Å². The fourth-order valence-corrected chi connectivity index (χ4v) is 4.20. The summed E-state index contributed by atoms with van der Waals surface area (Å²) in [5, 5.41) is 0. The molecule has 0 spiro atoms. The minimum atomic E-state index is -0.669. The molecule has 4 unspecified atom stereocenters. The van der Waals surface area contributed by atoms with Gasteiger partial charge in [-0.2, -0.15) is 0 Å². The molecule has 0 fully saturated rings. The first-order valence-corrected chi connectivity index (χ1v) is 8.53. The quantitative estimate of drug-likeness (QED) is 0.437. The van der Waals surface area contributed by atoms with Gasteiger partial charge in [-0.15, -0.1) is 0 Å². The van der Waals surface area contributed by atoms with E-state index in [4.69, 9.17) is 4.74 Å². The minimum absolute atomic E-state index is 0.0483. The predicted molar refractivity (Wildman–Crippen MR) is 90.4 cm³/mol. The van der Waals surface area contributed by atoms with Crippen LogP contribution in [-0.2, 0) is 23.9 Å². The summed E-state index contributed by atoms with van der Waals surface area (Å²) in [6.07, 6.45) is 6.81. The third kappa shape index (κ3) is 2.71. The summed E-state index contributed by atoms with van der Waals surface area (Å²) in [4.78, 5) is 50.0. The number of hydrogen-bond donors (Lipinski definition) is 0. The van der Waals surface area contributed by atoms with Gasteiger partial charge in [-0.3, -0.25) is 19.2 Å². The number of carbonyl (C=O) groups is 4. The average Bonchev–Trinajstić information content (AvgIpc) is 2.53. The van der Waals surface area contributed by atoms with Crippen LogP contribution in [0.5, 0.6) is 0 Å². The van der Waals surface area contributed by atoms with Crippen molar-refractivity contribution in [2.45, 2.75) is 27.7 Å². The van der Waals surface area contributed by atoms with Crippen molar-refractivity contribution >= 4 is 23.3 Å². The molecule has 0 bridgehead atoms. The highest BCUT2D eigenvalue weighted by Gasteiger charge is 2.53. The Morgan fingerprint density at radius 2 is 1.80 bits per heavy atom. The molecule has 3 aliphatic carbocycles. The largest absolute Gasteiger partial charge is 0.465 e. The molecule has 5 heteroatoms. The summed E-state index contributed by atoms with van der Waals surface area (Å²) in [7, 11) is 0. The van der Waals surface area contributed by atoms with Crippen molar-refractivity contribution in [2.75, 3.05) is 6.61 Å². The Balaban J connectivity index is 2.09. The highest BCUT2D eigenvalue weighted by Crippen LogP contribution is 2.48. The number of carbonyl (C=O) groups excluding carboxylic acids is 4. The van der Waals surface area contributed by atoms with E-state index in [2.05, 4.69) is 0 Å². The third-order valence-electron chi connectivity index (χ3n) is 5.45. The zero-order valence-electron chi connectivity index (χ0n) is 14.9. The average molecular weight is 342 g/mol. The van der Waals surface area contributed by atoms with Gasteiger partial charge in [-0.05, 0) is 12.0 Å². The van der Waals surface area contributed by atoms with Crippen molar-refractivity contribution in [3.8, 4) is 0 Å². The third-order valence-corrected chi connectivity index (χ3v) is 5.45. The van der Waals surface area contributed by atoms with Crippen LogP contribution in [0.2, 0.25) is 0 Å². The molecule has 0 saturated carbocycles. The zero-order chi connectivity index (χ0) is 18.5. The second-order valence-electron chi connectivity index (χ2n) is 7.66. The molecule has 0 aromatic carbocycles. The first-order valence-electron chi connectivity index (χ1n) is 8.53. The van der Waals surface area contributed by atoms with Crippen molar-refractivity contribution in [1.82, 2.24) is 0 Å². The van der Waals surface area contributed by atoms with E-state index in [1.54, 1.807) is 6.08 Å². The monoisotopic (exact) mass is 342 g/mol. The Kier molecular flexibility index (Phi) is 4.13. The summed E-state index contributed by atoms with van der Waals surface area (Å²) in [5.41, 5.74) is -0.314. The van der Waals surface area contributed by atoms with Crippen LogP contribution in [0.15, 0.2) is 35.5 Å². The Morgan fingerprint density at radius 3 is 2.44 bits per heavy atom. The molecule has 0 radical (unpaired) electrons. The van der Waals surface area contributed by atoms with Crippen LogP contribution in [0.1, 0.15) is 27.7 Å². The van der Waals surface area contributed by atoms with Crippen LogP contribution in [-0.4, -0.2) is 29.9 Å². The fraction of sp³-hybridized carbons (Fsp3) is 0.500. The maximum absolute atomic E-state index is 13.3. The fourth-order valence-electron chi connectivity index (χ4n) is 4.20. The summed E-state index contributed by atoms with van der Waals surface area (Å²) in [5.74, 6) is -2.91. The van der Waals surface area contributed by atoms with Gasteiger partial charge >= 0.3 is 5.97 Å². The van der Waals surface area contributed by atoms with Crippen LogP contribution in [0.4, 0.5) is 0 Å². The smallest absolute Gasteiger partial charge is 0.302 e. The number of esters is 1. The molecule has 0 aliphatic heterocycles. The van der Waals surface area contributed by atoms with Crippen LogP contribution in [0.3, 0.4) is 0 Å². The molecule has 0 aromatic rings. The predicted octanol–water partition coefficient (Wildman–Crippen LogP) is 2.22. The van der Waals surface area contributed by atoms with Crippen molar-refractivity contribution in [3.63, 3.8) is 0 Å². The van der Waals surface area contributed by atoms with Crippen molar-refractivity contribution < 1.29 is 23.9 Å². The second kappa shape index (κ2) is 5.90. The molecule has 0 saturated heterocycles. The number of ketones is 3. The van der Waals surface area contributed by atoms with E-state index in [-0.39, 0.29) is 41.4 Å². The normalized spacial score (nSPS) is 33.2. The molecule has 0 heterocycles. The van der Waals surface area contributed by atoms with Gasteiger partial charge in [0.05, 0.1) is 12.2 Å². The van der Waals surface area contributed by atoms with E-state index in [1.807, 2.05) is 32.9 Å². The molecule has 0 amide bonds. The SMILES string of the molecule is CC(=O)OCC1C=CC(C)C2C(=O)C3=C(C(=O)C12)C(C)(C)C=CC3=O. The first-order chi connectivity index (χ1) is 11.6. The molecule has 0 N–H and O–H groups in total. The molecule has 5 nitrogen and oxygen atoms in total. The molecule has 3 aliphatic rings. The first kappa shape index (κ1) is 17.5. The van der Waals surface area contributed by atoms with Gasteiger partial charge in [-0.1, -0.05) is 39.0 Å². The van der Waals surface area contributed by atoms with Crippen LogP contribution in [0, 0.1) is 29.1 Å². The number of rotatable bonds is 2. The molecular formula is C20H22O5. The van der Waals surface area contributed by atoms with Gasteiger partial charge < -0.3 is 4.74 Å². The Bertz CT molecular complexity index is 765. The summed E-state index contributed by atoms with van der Waals surface area (Å²) >= 11 is 0. The van der Waals surface area contributed by atoms with Crippen LogP contribution in [0.25, 0.3) is 0 Å². The molecule has 132 valence electrons. The standard InChI is InChI=1S/C20H22O5/c1-10-5-6-12(9-25-11(2)21)15-14(10)18(23)16-13(22)7-8-20(3,4)17(16)19(15)24/h5-8,10,12,14-15H,9H2,1-4H3. The van der Waals surface area contributed by atoms with E-state index < -0.39 is 23.2 Å². The summed E-state index contributed by atoms with van der Waals surface area (Å²) in [6.45, 7) is 6.92. The van der Waals surface area contributed by atoms with Crippen LogP contribution >= 0.6 is 0 Å². The highest BCUT2D eigenvalue weighted by molar-refractivity contribution is 6.32. The van der Waals surface area contributed by atoms with E-state index >= 15 is 0 Å². The van der Waals surface area contributed by atoms with E-state index in [0.717, 1.165) is 0 Å². The minimum Gasteiger partial charge on any atom is -0.465 e. The summed E-state index contributed by atoms with van der Waals surface area (Å²) < 4.78 is 5.11. The number of allylic oxidation sites excluding steroid dienone is 5. The van der Waals surface area contributed by atoms with Crippen molar-refractivity contribution in [3.05, 3.63) is 35.5 Å². The van der Waals surface area contributed by atoms with E-state index in [1.165, 1.54) is 13.0 Å². The highest BCUT2D eigenvalue weighted by atomic mass is 16.5. The van der Waals surface area contributed by atoms with Crippen molar-refractivity contribution in [1.29, 1.82) is 0 Å². The van der Waals surface area contributed by atoms with E-state index in [9.17, 15) is 19.2 Å². The topological polar surface area (TPSA) is 77.5 Å². The maximum Gasteiger partial charge on any atom is 0.302 e. The maximum atomic E-state index is 13.3. The van der Waals surface area contributed by atoms with Gasteiger partial charge in [0.2, 0.25) is 0 Å². The molecule has 4 atom stereocenters. The molecular weight excluding hydrogens is 320 g/mol. The number of hydrogen-bond acceptors (Lipinski definition) is 5. The van der Waals surface area contributed by atoms with Crippen molar-refractivity contribution in [2.24, 2.45) is 29.1 Å². The Hall–Kier alpha value is -2.30. The lowest BCUT2D eigenvalue weighted by Gasteiger charge is -2.43. The summed E-state index contributed by atoms with van der Waals surface area (Å²) in [6, 6.07) is 0. The second-order valence-corrected chi connectivity index (χ2v) is 7.66. The van der Waals surface area contributed by atoms with Gasteiger partial charge in [0.25, 0.3) is 0 Å². The Labute approximate surface area is 146 Å². The van der Waals surface area contributed by atoms with Gasteiger partial charge in [-0.25, -0.2) is 0 Å². The number of fused-ring (bicyclic) bond motifs is 1. The lowest BCUT2D eigenvalue weighted by molar-refractivity contribution is -0.145. The van der Waals surface area contributed by atoms with Crippen LogP contribution < -0.4 is 0 Å². The van der Waals surface area contributed by atoms with Gasteiger partial charge in [0.1, 0.15) is 0 Å². The molecule has 3 rings (SSSR count). The lowest BCUT2D eigenvalue weighted by Crippen LogP contribution is -2.50. The Morgan fingerprint density at radius 1 is 1.12 bits per heavy atom. The molecule has 0 aromatic heterocycles. The zero-order valence-corrected chi connectivity index (χ0v) is 14.9. The lowest BCUT2D eigenvalue weighted by atomic mass is 9.57.